The summed E-state index contributed by atoms with van der Waals surface area (Å²) < 4.78 is 0. The number of aliphatic carboxylic acids is 1. The molecule has 1 aromatic heterocycles. The second kappa shape index (κ2) is 3.80. The van der Waals surface area contributed by atoms with Crippen LogP contribution in [0.15, 0.2) is 0 Å². The number of anilines is 1. The van der Waals surface area contributed by atoms with Crippen LogP contribution in [0.4, 0.5) is 5.00 Å². The number of nitrogens with zero attached hydrogens (tertiary/aromatic N) is 1. The molecule has 16 heavy (non-hydrogen) atoms. The quantitative estimate of drug-likeness (QED) is 0.783. The van der Waals surface area contributed by atoms with Gasteiger partial charge in [0, 0.05) is 10.4 Å². The number of nitrogens with two attached hydrogens (primary N) is 1. The average molecular weight is 236 g/mol. The standard InChI is InChI=1S/C11H12N2O2S/c1-5-2-3-6(11(14)15)8-7(4-12)10(13)16-9(5)8/h5-6H,2-3,13H2,1H3,(H,14,15). The lowest BCUT2D eigenvalue weighted by molar-refractivity contribution is -0.139. The Bertz CT molecular complexity index is 487. The predicted octanol–water partition coefficient (Wildman–Crippen LogP) is 2.27. The zero-order valence-electron chi connectivity index (χ0n) is 8.86. The van der Waals surface area contributed by atoms with Crippen molar-refractivity contribution in [3.05, 3.63) is 16.0 Å². The summed E-state index contributed by atoms with van der Waals surface area (Å²) >= 11 is 1.36. The van der Waals surface area contributed by atoms with E-state index in [-0.39, 0.29) is 0 Å². The lowest BCUT2D eigenvalue weighted by Gasteiger charge is -2.23. The summed E-state index contributed by atoms with van der Waals surface area (Å²) in [5, 5.41) is 18.6. The summed E-state index contributed by atoms with van der Waals surface area (Å²) in [6.07, 6.45) is 1.43. The van der Waals surface area contributed by atoms with E-state index in [0.717, 1.165) is 11.3 Å². The number of nitrogen functional groups attached to an aromatic ring is 1. The van der Waals surface area contributed by atoms with E-state index in [1.165, 1.54) is 11.3 Å². The molecule has 0 saturated heterocycles. The van der Waals surface area contributed by atoms with Crippen molar-refractivity contribution < 1.29 is 9.90 Å². The molecule has 5 heteroatoms. The van der Waals surface area contributed by atoms with Gasteiger partial charge in [-0.1, -0.05) is 6.92 Å². The molecule has 0 bridgehead atoms. The number of rotatable bonds is 1. The molecule has 0 aromatic carbocycles. The van der Waals surface area contributed by atoms with E-state index in [1.54, 1.807) is 0 Å². The van der Waals surface area contributed by atoms with Crippen LogP contribution in [0.1, 0.15) is 47.6 Å². The van der Waals surface area contributed by atoms with Crippen LogP contribution in [-0.2, 0) is 4.79 Å². The molecule has 0 fully saturated rings. The van der Waals surface area contributed by atoms with Crippen molar-refractivity contribution in [3.8, 4) is 6.07 Å². The third-order valence-electron chi connectivity index (χ3n) is 3.10. The van der Waals surface area contributed by atoms with Crippen LogP contribution >= 0.6 is 11.3 Å². The Hall–Kier alpha value is -1.54. The van der Waals surface area contributed by atoms with Gasteiger partial charge < -0.3 is 10.8 Å². The molecule has 2 atom stereocenters. The first kappa shape index (κ1) is 11.0. The topological polar surface area (TPSA) is 87.1 Å². The summed E-state index contributed by atoms with van der Waals surface area (Å²) in [6, 6.07) is 2.03. The zero-order valence-corrected chi connectivity index (χ0v) is 9.67. The number of carboxylic acids is 1. The van der Waals surface area contributed by atoms with Crippen molar-refractivity contribution >= 4 is 22.3 Å². The van der Waals surface area contributed by atoms with Gasteiger partial charge in [0.15, 0.2) is 0 Å². The van der Waals surface area contributed by atoms with Crippen molar-refractivity contribution in [3.63, 3.8) is 0 Å². The maximum atomic E-state index is 11.2. The first-order valence-corrected chi connectivity index (χ1v) is 5.92. The highest BCUT2D eigenvalue weighted by Gasteiger charge is 2.34. The van der Waals surface area contributed by atoms with Crippen LogP contribution in [0, 0.1) is 11.3 Å². The summed E-state index contributed by atoms with van der Waals surface area (Å²) in [5.41, 5.74) is 6.80. The van der Waals surface area contributed by atoms with Crippen LogP contribution in [-0.4, -0.2) is 11.1 Å². The molecule has 0 radical (unpaired) electrons. The molecule has 2 rings (SSSR count). The number of thiophene rings is 1. The fourth-order valence-electron chi connectivity index (χ4n) is 2.25. The molecule has 3 N–H and O–H groups in total. The Labute approximate surface area is 97.3 Å². The molecule has 2 unspecified atom stereocenters. The smallest absolute Gasteiger partial charge is 0.311 e. The van der Waals surface area contributed by atoms with Crippen LogP contribution in [0.25, 0.3) is 0 Å². The zero-order chi connectivity index (χ0) is 11.9. The SMILES string of the molecule is CC1CCC(C(=O)O)c2c1sc(N)c2C#N. The van der Waals surface area contributed by atoms with Gasteiger partial charge >= 0.3 is 5.97 Å². The maximum absolute atomic E-state index is 11.2. The lowest BCUT2D eigenvalue weighted by atomic mass is 9.81. The first-order valence-electron chi connectivity index (χ1n) is 5.11. The van der Waals surface area contributed by atoms with Crippen molar-refractivity contribution in [2.75, 3.05) is 5.73 Å². The molecular formula is C11H12N2O2S. The van der Waals surface area contributed by atoms with Gasteiger partial charge in [0.25, 0.3) is 0 Å². The summed E-state index contributed by atoms with van der Waals surface area (Å²) in [6.45, 7) is 2.05. The highest BCUT2D eigenvalue weighted by atomic mass is 32.1. The van der Waals surface area contributed by atoms with E-state index in [1.807, 2.05) is 13.0 Å². The molecule has 1 aliphatic carbocycles. The number of fused-ring (bicyclic) bond motifs is 1. The monoisotopic (exact) mass is 236 g/mol. The van der Waals surface area contributed by atoms with Crippen molar-refractivity contribution in [1.82, 2.24) is 0 Å². The third kappa shape index (κ3) is 1.46. The normalized spacial score (nSPS) is 23.5. The Balaban J connectivity index is 2.63. The summed E-state index contributed by atoms with van der Waals surface area (Å²) in [5.74, 6) is -1.11. The molecular weight excluding hydrogens is 224 g/mol. The summed E-state index contributed by atoms with van der Waals surface area (Å²) in [7, 11) is 0. The molecule has 1 aliphatic rings. The van der Waals surface area contributed by atoms with Gasteiger partial charge in [-0.15, -0.1) is 11.3 Å². The Morgan fingerprint density at radius 2 is 2.31 bits per heavy atom. The van der Waals surface area contributed by atoms with E-state index in [4.69, 9.17) is 16.1 Å². The van der Waals surface area contributed by atoms with Crippen molar-refractivity contribution in [2.45, 2.75) is 31.6 Å². The predicted molar refractivity (Wildman–Crippen MR) is 61.5 cm³/mol. The van der Waals surface area contributed by atoms with Gasteiger partial charge in [-0.2, -0.15) is 5.26 Å². The highest BCUT2D eigenvalue weighted by Crippen LogP contribution is 2.46. The fourth-order valence-corrected chi connectivity index (χ4v) is 3.41. The number of hydrogen-bond donors (Lipinski definition) is 2. The molecule has 4 nitrogen and oxygen atoms in total. The Kier molecular flexibility index (Phi) is 2.60. The maximum Gasteiger partial charge on any atom is 0.311 e. The van der Waals surface area contributed by atoms with Gasteiger partial charge in [-0.05, 0) is 18.8 Å². The fraction of sp³-hybridized carbons (Fsp3) is 0.455. The minimum atomic E-state index is -0.859. The van der Waals surface area contributed by atoms with E-state index < -0.39 is 11.9 Å². The minimum Gasteiger partial charge on any atom is -0.481 e. The van der Waals surface area contributed by atoms with Gasteiger partial charge in [0.05, 0.1) is 11.5 Å². The molecule has 1 aromatic rings. The van der Waals surface area contributed by atoms with Crippen LogP contribution < -0.4 is 5.73 Å². The molecule has 1 heterocycles. The van der Waals surface area contributed by atoms with E-state index in [0.29, 0.717) is 28.5 Å². The van der Waals surface area contributed by atoms with E-state index in [9.17, 15) is 4.79 Å². The van der Waals surface area contributed by atoms with Crippen molar-refractivity contribution in [2.24, 2.45) is 0 Å². The van der Waals surface area contributed by atoms with Gasteiger partial charge in [0.2, 0.25) is 0 Å². The van der Waals surface area contributed by atoms with Crippen LogP contribution in [0.5, 0.6) is 0 Å². The number of carbonyl (C=O) groups is 1. The van der Waals surface area contributed by atoms with Gasteiger partial charge in [0.1, 0.15) is 11.1 Å². The third-order valence-corrected chi connectivity index (χ3v) is 4.36. The first-order chi connectivity index (χ1) is 7.56. The molecule has 0 spiro atoms. The molecule has 84 valence electrons. The second-order valence-electron chi connectivity index (χ2n) is 4.10. The lowest BCUT2D eigenvalue weighted by Crippen LogP contribution is -2.19. The number of carboxylic acid groups (broad SMARTS) is 1. The number of nitriles is 1. The van der Waals surface area contributed by atoms with E-state index >= 15 is 0 Å². The average Bonchev–Trinajstić information content (AvgIpc) is 2.55. The number of hydrogen-bond acceptors (Lipinski definition) is 4. The molecule has 0 aliphatic heterocycles. The van der Waals surface area contributed by atoms with E-state index in [2.05, 4.69) is 0 Å². The minimum absolute atomic E-state index is 0.306. The van der Waals surface area contributed by atoms with Gasteiger partial charge in [-0.25, -0.2) is 0 Å². The largest absolute Gasteiger partial charge is 0.481 e. The van der Waals surface area contributed by atoms with Crippen LogP contribution in [0.3, 0.4) is 0 Å². The highest BCUT2D eigenvalue weighted by molar-refractivity contribution is 7.16. The Morgan fingerprint density at radius 3 is 2.88 bits per heavy atom. The van der Waals surface area contributed by atoms with Crippen molar-refractivity contribution in [1.29, 1.82) is 5.26 Å². The molecule has 0 saturated carbocycles. The van der Waals surface area contributed by atoms with Crippen LogP contribution in [0.2, 0.25) is 0 Å². The molecule has 0 amide bonds. The second-order valence-corrected chi connectivity index (χ2v) is 5.18. The summed E-state index contributed by atoms with van der Waals surface area (Å²) in [4.78, 5) is 12.1. The van der Waals surface area contributed by atoms with Gasteiger partial charge in [-0.3, -0.25) is 4.79 Å². The Morgan fingerprint density at radius 1 is 1.62 bits per heavy atom.